The van der Waals surface area contributed by atoms with Gasteiger partial charge in [0.1, 0.15) is 17.4 Å². The average molecular weight is 272 g/mol. The van der Waals surface area contributed by atoms with Crippen LogP contribution in [0, 0.1) is 11.3 Å². The van der Waals surface area contributed by atoms with Crippen molar-refractivity contribution < 1.29 is 9.53 Å². The van der Waals surface area contributed by atoms with Crippen molar-refractivity contribution in [2.75, 3.05) is 6.61 Å². The second kappa shape index (κ2) is 8.00. The van der Waals surface area contributed by atoms with Gasteiger partial charge in [-0.1, -0.05) is 19.1 Å². The Balaban J connectivity index is 2.83. The molecule has 0 aliphatic rings. The van der Waals surface area contributed by atoms with Crippen molar-refractivity contribution in [2.24, 2.45) is 0 Å². The summed E-state index contributed by atoms with van der Waals surface area (Å²) < 4.78 is 5.34. The molecule has 0 radical (unpaired) electrons. The summed E-state index contributed by atoms with van der Waals surface area (Å²) >= 11 is 0. The van der Waals surface area contributed by atoms with E-state index in [2.05, 4.69) is 5.32 Å². The van der Waals surface area contributed by atoms with Gasteiger partial charge in [0.15, 0.2) is 0 Å². The zero-order valence-electron chi connectivity index (χ0n) is 12.1. The molecule has 0 aliphatic heterocycles. The van der Waals surface area contributed by atoms with E-state index < -0.39 is 0 Å². The summed E-state index contributed by atoms with van der Waals surface area (Å²) in [6.07, 6.45) is 2.40. The number of benzene rings is 1. The van der Waals surface area contributed by atoms with Crippen LogP contribution in [0.3, 0.4) is 0 Å². The van der Waals surface area contributed by atoms with Crippen molar-refractivity contribution in [3.8, 4) is 11.8 Å². The van der Waals surface area contributed by atoms with Gasteiger partial charge in [-0.05, 0) is 44.0 Å². The number of carbonyl (C=O) groups excluding carboxylic acids is 1. The van der Waals surface area contributed by atoms with E-state index in [1.54, 1.807) is 6.08 Å². The fourth-order valence-electron chi connectivity index (χ4n) is 1.55. The Hall–Kier alpha value is -2.28. The number of hydrogen-bond acceptors (Lipinski definition) is 3. The Labute approximate surface area is 120 Å². The van der Waals surface area contributed by atoms with E-state index in [4.69, 9.17) is 10.00 Å². The van der Waals surface area contributed by atoms with Crippen LogP contribution in [-0.4, -0.2) is 18.6 Å². The lowest BCUT2D eigenvalue weighted by Crippen LogP contribution is -2.32. The summed E-state index contributed by atoms with van der Waals surface area (Å²) in [5.74, 6) is 0.433. The Morgan fingerprint density at radius 1 is 1.40 bits per heavy atom. The van der Waals surface area contributed by atoms with Crippen LogP contribution in [0.2, 0.25) is 0 Å². The van der Waals surface area contributed by atoms with Crippen LogP contribution in [0.15, 0.2) is 29.8 Å². The minimum atomic E-state index is -0.337. The molecule has 0 fully saturated rings. The summed E-state index contributed by atoms with van der Waals surface area (Å²) in [6, 6.07) is 9.26. The molecular formula is C16H20N2O2. The fraction of sp³-hybridized carbons (Fsp3) is 0.375. The van der Waals surface area contributed by atoms with E-state index in [9.17, 15) is 4.79 Å². The number of ether oxygens (including phenoxy) is 1. The monoisotopic (exact) mass is 272 g/mol. The zero-order chi connectivity index (χ0) is 15.0. The van der Waals surface area contributed by atoms with Crippen LogP contribution in [0.25, 0.3) is 6.08 Å². The number of carbonyl (C=O) groups is 1. The first-order chi connectivity index (χ1) is 9.60. The third-order valence-corrected chi connectivity index (χ3v) is 2.86. The minimum absolute atomic E-state index is 0.0552. The fourth-order valence-corrected chi connectivity index (χ4v) is 1.55. The van der Waals surface area contributed by atoms with Crippen molar-refractivity contribution in [1.82, 2.24) is 5.32 Å². The SMILES string of the molecule is CCOc1ccc(/C=C(\C#N)C(=O)N[C@H](C)CC)cc1. The molecule has 1 N–H and O–H groups in total. The number of rotatable bonds is 6. The molecule has 1 aromatic rings. The van der Waals surface area contributed by atoms with Gasteiger partial charge in [0.05, 0.1) is 6.61 Å². The highest BCUT2D eigenvalue weighted by molar-refractivity contribution is 6.01. The maximum atomic E-state index is 11.9. The van der Waals surface area contributed by atoms with Gasteiger partial charge in [-0.25, -0.2) is 0 Å². The highest BCUT2D eigenvalue weighted by Crippen LogP contribution is 2.14. The Morgan fingerprint density at radius 3 is 2.55 bits per heavy atom. The van der Waals surface area contributed by atoms with E-state index in [-0.39, 0.29) is 17.5 Å². The first-order valence-corrected chi connectivity index (χ1v) is 6.76. The zero-order valence-corrected chi connectivity index (χ0v) is 12.1. The summed E-state index contributed by atoms with van der Waals surface area (Å²) in [4.78, 5) is 11.9. The second-order valence-electron chi connectivity index (χ2n) is 4.45. The van der Waals surface area contributed by atoms with Gasteiger partial charge in [0.25, 0.3) is 5.91 Å². The third-order valence-electron chi connectivity index (χ3n) is 2.86. The van der Waals surface area contributed by atoms with Crippen LogP contribution >= 0.6 is 0 Å². The van der Waals surface area contributed by atoms with Crippen LogP contribution in [0.5, 0.6) is 5.75 Å². The quantitative estimate of drug-likeness (QED) is 0.639. The predicted molar refractivity (Wildman–Crippen MR) is 79.1 cm³/mol. The van der Waals surface area contributed by atoms with E-state index in [1.807, 2.05) is 51.1 Å². The molecule has 1 atom stereocenters. The lowest BCUT2D eigenvalue weighted by atomic mass is 10.1. The molecular weight excluding hydrogens is 252 g/mol. The Morgan fingerprint density at radius 2 is 2.05 bits per heavy atom. The van der Waals surface area contributed by atoms with Crippen LogP contribution in [0.1, 0.15) is 32.8 Å². The average Bonchev–Trinajstić information content (AvgIpc) is 2.46. The molecule has 0 spiro atoms. The molecule has 0 aliphatic carbocycles. The molecule has 0 unspecified atom stereocenters. The van der Waals surface area contributed by atoms with E-state index >= 15 is 0 Å². The third kappa shape index (κ3) is 4.77. The molecule has 20 heavy (non-hydrogen) atoms. The van der Waals surface area contributed by atoms with E-state index in [0.717, 1.165) is 17.7 Å². The highest BCUT2D eigenvalue weighted by Gasteiger charge is 2.11. The van der Waals surface area contributed by atoms with Crippen LogP contribution in [0.4, 0.5) is 0 Å². The maximum absolute atomic E-state index is 11.9. The standard InChI is InChI=1S/C16H20N2O2/c1-4-12(3)18-16(19)14(11-17)10-13-6-8-15(9-7-13)20-5-2/h6-10,12H,4-5H2,1-3H3,(H,18,19)/b14-10+/t12-/m1/s1. The predicted octanol–water partition coefficient (Wildman–Crippen LogP) is 2.91. The summed E-state index contributed by atoms with van der Waals surface area (Å²) in [5, 5.41) is 11.9. The molecule has 4 heteroatoms. The second-order valence-corrected chi connectivity index (χ2v) is 4.45. The van der Waals surface area contributed by atoms with Crippen molar-refractivity contribution >= 4 is 12.0 Å². The maximum Gasteiger partial charge on any atom is 0.262 e. The molecule has 0 saturated heterocycles. The lowest BCUT2D eigenvalue weighted by Gasteiger charge is -2.10. The smallest absolute Gasteiger partial charge is 0.262 e. The van der Waals surface area contributed by atoms with Crippen LogP contribution < -0.4 is 10.1 Å². The molecule has 0 saturated carbocycles. The van der Waals surface area contributed by atoms with Gasteiger partial charge in [-0.2, -0.15) is 5.26 Å². The number of nitrogens with one attached hydrogen (secondary N) is 1. The van der Waals surface area contributed by atoms with Gasteiger partial charge < -0.3 is 10.1 Å². The largest absolute Gasteiger partial charge is 0.494 e. The number of hydrogen-bond donors (Lipinski definition) is 1. The molecule has 0 aromatic heterocycles. The van der Waals surface area contributed by atoms with Gasteiger partial charge >= 0.3 is 0 Å². The Bertz CT molecular complexity index is 512. The number of nitriles is 1. The normalized spacial score (nSPS) is 12.4. The summed E-state index contributed by atoms with van der Waals surface area (Å²) in [6.45, 7) is 6.41. The molecule has 1 amide bonds. The van der Waals surface area contributed by atoms with Gasteiger partial charge in [0.2, 0.25) is 0 Å². The summed E-state index contributed by atoms with van der Waals surface area (Å²) in [7, 11) is 0. The van der Waals surface area contributed by atoms with Crippen molar-refractivity contribution in [3.63, 3.8) is 0 Å². The molecule has 0 bridgehead atoms. The number of nitrogens with zero attached hydrogens (tertiary/aromatic N) is 1. The van der Waals surface area contributed by atoms with Crippen molar-refractivity contribution in [3.05, 3.63) is 35.4 Å². The Kier molecular flexibility index (Phi) is 6.31. The van der Waals surface area contributed by atoms with Gasteiger partial charge in [0, 0.05) is 6.04 Å². The topological polar surface area (TPSA) is 62.1 Å². The highest BCUT2D eigenvalue weighted by atomic mass is 16.5. The molecule has 4 nitrogen and oxygen atoms in total. The molecule has 106 valence electrons. The minimum Gasteiger partial charge on any atom is -0.494 e. The first-order valence-electron chi connectivity index (χ1n) is 6.76. The molecule has 1 rings (SSSR count). The lowest BCUT2D eigenvalue weighted by molar-refractivity contribution is -0.117. The van der Waals surface area contributed by atoms with E-state index in [1.165, 1.54) is 0 Å². The molecule has 0 heterocycles. The van der Waals surface area contributed by atoms with Gasteiger partial charge in [-0.15, -0.1) is 0 Å². The molecule has 1 aromatic carbocycles. The van der Waals surface area contributed by atoms with Crippen molar-refractivity contribution in [1.29, 1.82) is 5.26 Å². The summed E-state index contributed by atoms with van der Waals surface area (Å²) in [5.41, 5.74) is 0.902. The van der Waals surface area contributed by atoms with E-state index in [0.29, 0.717) is 6.61 Å². The van der Waals surface area contributed by atoms with Crippen molar-refractivity contribution in [2.45, 2.75) is 33.2 Å². The number of amides is 1. The first kappa shape index (κ1) is 15.8. The van der Waals surface area contributed by atoms with Gasteiger partial charge in [-0.3, -0.25) is 4.79 Å². The van der Waals surface area contributed by atoms with Crippen LogP contribution in [-0.2, 0) is 4.79 Å².